The van der Waals surface area contributed by atoms with Crippen molar-refractivity contribution in [3.63, 3.8) is 0 Å². The Kier molecular flexibility index (Phi) is 1.87. The molecule has 0 amide bonds. The van der Waals surface area contributed by atoms with Crippen molar-refractivity contribution in [2.24, 2.45) is 0 Å². The highest BCUT2D eigenvalue weighted by molar-refractivity contribution is 4.88. The number of nitrogens with zero attached hydrogens (tertiary/aromatic N) is 5. The quantitative estimate of drug-likeness (QED) is 0.680. The standard InChI is InChI=1S/C5H6N6O2/c1-3-6-5(13-9-3)12-2-4-7-10-11-8-4/h2H2,1H3,(H,7,8,10,11). The summed E-state index contributed by atoms with van der Waals surface area (Å²) < 4.78 is 9.74. The zero-order valence-corrected chi connectivity index (χ0v) is 6.76. The molecule has 0 atom stereocenters. The predicted octanol–water partition coefficient (Wildman–Crippen LogP) is -0.530. The van der Waals surface area contributed by atoms with Crippen LogP contribution in [0.5, 0.6) is 6.08 Å². The molecule has 0 fully saturated rings. The summed E-state index contributed by atoms with van der Waals surface area (Å²) in [5.74, 6) is 0.943. The second-order valence-corrected chi connectivity index (χ2v) is 2.22. The minimum atomic E-state index is 0.0994. The van der Waals surface area contributed by atoms with E-state index in [2.05, 4.69) is 30.8 Å². The maximum absolute atomic E-state index is 5.05. The maximum atomic E-state index is 5.05. The fourth-order valence-corrected chi connectivity index (χ4v) is 0.707. The van der Waals surface area contributed by atoms with Gasteiger partial charge >= 0.3 is 6.08 Å². The summed E-state index contributed by atoms with van der Waals surface area (Å²) in [6, 6.07) is 0. The molecule has 13 heavy (non-hydrogen) atoms. The van der Waals surface area contributed by atoms with Crippen LogP contribution in [-0.2, 0) is 6.61 Å². The summed E-state index contributed by atoms with van der Waals surface area (Å²) in [5, 5.41) is 16.5. The van der Waals surface area contributed by atoms with E-state index in [4.69, 9.17) is 9.26 Å². The van der Waals surface area contributed by atoms with Crippen molar-refractivity contribution in [1.82, 2.24) is 30.8 Å². The number of hydrogen-bond acceptors (Lipinski definition) is 7. The van der Waals surface area contributed by atoms with Crippen molar-refractivity contribution in [2.75, 3.05) is 0 Å². The van der Waals surface area contributed by atoms with Crippen LogP contribution in [0.15, 0.2) is 4.52 Å². The number of aromatic nitrogens is 6. The lowest BCUT2D eigenvalue weighted by Crippen LogP contribution is -1.97. The first-order chi connectivity index (χ1) is 6.34. The molecule has 2 rings (SSSR count). The number of aryl methyl sites for hydroxylation is 1. The second-order valence-electron chi connectivity index (χ2n) is 2.22. The van der Waals surface area contributed by atoms with Crippen LogP contribution in [0.4, 0.5) is 0 Å². The molecule has 8 nitrogen and oxygen atoms in total. The van der Waals surface area contributed by atoms with Crippen LogP contribution in [0.2, 0.25) is 0 Å². The highest BCUT2D eigenvalue weighted by Gasteiger charge is 2.05. The summed E-state index contributed by atoms with van der Waals surface area (Å²) in [4.78, 5) is 3.82. The van der Waals surface area contributed by atoms with Crippen molar-refractivity contribution >= 4 is 0 Å². The molecule has 0 saturated heterocycles. The first kappa shape index (κ1) is 7.65. The molecule has 2 heterocycles. The van der Waals surface area contributed by atoms with Crippen molar-refractivity contribution < 1.29 is 9.26 Å². The summed E-state index contributed by atoms with van der Waals surface area (Å²) in [7, 11) is 0. The molecule has 2 aromatic rings. The average Bonchev–Trinajstić information content (AvgIpc) is 2.71. The molecule has 68 valence electrons. The number of H-pyrrole nitrogens is 1. The number of rotatable bonds is 3. The lowest BCUT2D eigenvalue weighted by Gasteiger charge is -1.92. The smallest absolute Gasteiger partial charge is 0.417 e. The lowest BCUT2D eigenvalue weighted by molar-refractivity contribution is 0.190. The molecule has 0 saturated carbocycles. The van der Waals surface area contributed by atoms with Crippen LogP contribution in [0, 0.1) is 6.92 Å². The molecule has 0 aromatic carbocycles. The van der Waals surface area contributed by atoms with Crippen LogP contribution < -0.4 is 4.74 Å². The first-order valence-corrected chi connectivity index (χ1v) is 3.50. The van der Waals surface area contributed by atoms with E-state index in [1.165, 1.54) is 0 Å². The van der Waals surface area contributed by atoms with Crippen LogP contribution in [0.1, 0.15) is 11.6 Å². The average molecular weight is 182 g/mol. The molecule has 0 aliphatic rings. The number of hydrogen-bond donors (Lipinski definition) is 1. The van der Waals surface area contributed by atoms with Gasteiger partial charge in [-0.15, -0.1) is 10.2 Å². The molecule has 0 aliphatic heterocycles. The van der Waals surface area contributed by atoms with Gasteiger partial charge in [0.25, 0.3) is 0 Å². The van der Waals surface area contributed by atoms with E-state index in [-0.39, 0.29) is 12.7 Å². The third kappa shape index (κ3) is 1.78. The molecule has 0 radical (unpaired) electrons. The van der Waals surface area contributed by atoms with Crippen LogP contribution in [0.25, 0.3) is 0 Å². The Morgan fingerprint density at radius 1 is 1.54 bits per heavy atom. The molecule has 0 spiro atoms. The predicted molar refractivity (Wildman–Crippen MR) is 37.5 cm³/mol. The van der Waals surface area contributed by atoms with Crippen LogP contribution in [0.3, 0.4) is 0 Å². The summed E-state index contributed by atoms with van der Waals surface area (Å²) >= 11 is 0. The summed E-state index contributed by atoms with van der Waals surface area (Å²) in [6.07, 6.45) is 0.0994. The zero-order chi connectivity index (χ0) is 9.10. The van der Waals surface area contributed by atoms with Gasteiger partial charge in [0.15, 0.2) is 12.4 Å². The zero-order valence-electron chi connectivity index (χ0n) is 6.76. The minimum Gasteiger partial charge on any atom is -0.440 e. The van der Waals surface area contributed by atoms with E-state index in [0.717, 1.165) is 0 Å². The Labute approximate surface area is 72.3 Å². The highest BCUT2D eigenvalue weighted by atomic mass is 16.6. The van der Waals surface area contributed by atoms with Crippen molar-refractivity contribution in [3.8, 4) is 6.08 Å². The van der Waals surface area contributed by atoms with Crippen molar-refractivity contribution in [1.29, 1.82) is 0 Å². The van der Waals surface area contributed by atoms with Gasteiger partial charge < -0.3 is 4.74 Å². The number of nitrogens with one attached hydrogen (secondary N) is 1. The van der Waals surface area contributed by atoms with Gasteiger partial charge in [-0.2, -0.15) is 10.2 Å². The topological polar surface area (TPSA) is 103 Å². The van der Waals surface area contributed by atoms with E-state index in [1.54, 1.807) is 6.92 Å². The normalized spacial score (nSPS) is 10.2. The Bertz CT molecular complexity index is 368. The molecule has 0 bridgehead atoms. The van der Waals surface area contributed by atoms with E-state index in [9.17, 15) is 0 Å². The third-order valence-corrected chi connectivity index (χ3v) is 1.22. The Morgan fingerprint density at radius 2 is 2.46 bits per heavy atom. The first-order valence-electron chi connectivity index (χ1n) is 3.50. The monoisotopic (exact) mass is 182 g/mol. The number of tetrazole rings is 1. The Hall–Kier alpha value is -1.99. The van der Waals surface area contributed by atoms with Crippen molar-refractivity contribution in [2.45, 2.75) is 13.5 Å². The molecule has 0 unspecified atom stereocenters. The van der Waals surface area contributed by atoms with Gasteiger partial charge in [0, 0.05) is 0 Å². The SMILES string of the molecule is Cc1noc(OCc2nn[nH]n2)n1. The Balaban J connectivity index is 1.93. The van der Waals surface area contributed by atoms with Gasteiger partial charge in [-0.3, -0.25) is 4.52 Å². The van der Waals surface area contributed by atoms with Gasteiger partial charge in [0.1, 0.15) is 0 Å². The van der Waals surface area contributed by atoms with Gasteiger partial charge in [-0.1, -0.05) is 10.4 Å². The molecule has 8 heteroatoms. The minimum absolute atomic E-state index is 0.0994. The molecular weight excluding hydrogens is 176 g/mol. The Morgan fingerprint density at radius 3 is 3.08 bits per heavy atom. The van der Waals surface area contributed by atoms with Gasteiger partial charge in [0.05, 0.1) is 0 Å². The number of ether oxygens (including phenoxy) is 1. The fourth-order valence-electron chi connectivity index (χ4n) is 0.707. The van der Waals surface area contributed by atoms with E-state index >= 15 is 0 Å². The molecule has 1 N–H and O–H groups in total. The molecule has 0 aliphatic carbocycles. The van der Waals surface area contributed by atoms with Crippen LogP contribution >= 0.6 is 0 Å². The summed E-state index contributed by atoms with van der Waals surface area (Å²) in [5.41, 5.74) is 0. The van der Waals surface area contributed by atoms with Crippen molar-refractivity contribution in [3.05, 3.63) is 11.6 Å². The van der Waals surface area contributed by atoms with Gasteiger partial charge in [0.2, 0.25) is 5.82 Å². The van der Waals surface area contributed by atoms with Crippen LogP contribution in [-0.4, -0.2) is 30.8 Å². The molecular formula is C5H6N6O2. The largest absolute Gasteiger partial charge is 0.440 e. The maximum Gasteiger partial charge on any atom is 0.417 e. The summed E-state index contributed by atoms with van der Waals surface area (Å²) in [6.45, 7) is 1.85. The van der Waals surface area contributed by atoms with Gasteiger partial charge in [-0.25, -0.2) is 0 Å². The highest BCUT2D eigenvalue weighted by Crippen LogP contribution is 2.06. The van der Waals surface area contributed by atoms with E-state index in [1.807, 2.05) is 0 Å². The van der Waals surface area contributed by atoms with Gasteiger partial charge in [-0.05, 0) is 6.92 Å². The second kappa shape index (κ2) is 3.17. The fraction of sp³-hybridized carbons (Fsp3) is 0.400. The number of aromatic amines is 1. The van der Waals surface area contributed by atoms with E-state index in [0.29, 0.717) is 11.6 Å². The lowest BCUT2D eigenvalue weighted by atomic mass is 10.7. The van der Waals surface area contributed by atoms with E-state index < -0.39 is 0 Å². The molecule has 2 aromatic heterocycles. The third-order valence-electron chi connectivity index (χ3n) is 1.22.